The van der Waals surface area contributed by atoms with E-state index in [0.29, 0.717) is 22.5 Å². The molecule has 0 aliphatic carbocycles. The van der Waals surface area contributed by atoms with Gasteiger partial charge in [0.25, 0.3) is 0 Å². The molecule has 1 aliphatic rings. The van der Waals surface area contributed by atoms with Gasteiger partial charge < -0.3 is 15.0 Å². The van der Waals surface area contributed by atoms with E-state index >= 15 is 0 Å². The first-order chi connectivity index (χ1) is 10.7. The molecule has 2 heterocycles. The van der Waals surface area contributed by atoms with Gasteiger partial charge in [-0.15, -0.1) is 0 Å². The molecule has 116 valence electrons. The number of hydrogen-bond donors (Lipinski definition) is 1. The maximum atomic E-state index is 6.15. The Labute approximate surface area is 139 Å². The van der Waals surface area contributed by atoms with Crippen LogP contribution in [0.15, 0.2) is 30.6 Å². The van der Waals surface area contributed by atoms with Crippen molar-refractivity contribution >= 4 is 29.0 Å². The maximum Gasteiger partial charge on any atom is 0.234 e. The zero-order valence-electron chi connectivity index (χ0n) is 11.9. The van der Waals surface area contributed by atoms with E-state index in [2.05, 4.69) is 20.2 Å². The van der Waals surface area contributed by atoms with Crippen LogP contribution in [0.25, 0.3) is 0 Å². The smallest absolute Gasteiger partial charge is 0.234 e. The molecule has 1 fully saturated rings. The molecule has 1 N–H and O–H groups in total. The minimum absolute atomic E-state index is 0.305. The molecule has 0 unspecified atom stereocenters. The summed E-state index contributed by atoms with van der Waals surface area (Å²) in [6.45, 7) is 4.03. The molecule has 1 aliphatic heterocycles. The zero-order valence-corrected chi connectivity index (χ0v) is 13.4. The lowest BCUT2D eigenvalue weighted by Gasteiger charge is -2.28. The molecule has 0 bridgehead atoms. The van der Waals surface area contributed by atoms with Crippen LogP contribution in [0, 0.1) is 0 Å². The van der Waals surface area contributed by atoms with Gasteiger partial charge in [-0.3, -0.25) is 4.98 Å². The van der Waals surface area contributed by atoms with Crippen LogP contribution in [0.3, 0.4) is 0 Å². The molecule has 1 aromatic carbocycles. The van der Waals surface area contributed by atoms with E-state index in [-0.39, 0.29) is 0 Å². The predicted octanol–water partition coefficient (Wildman–Crippen LogP) is 2.77. The fourth-order valence-electron chi connectivity index (χ4n) is 2.27. The number of nitrogens with one attached hydrogen (secondary N) is 1. The SMILES string of the molecule is Clc1cccc(COc2cncc(N3CCNCC3)n2)c1Cl. The van der Waals surface area contributed by atoms with Crippen molar-refractivity contribution in [3.63, 3.8) is 0 Å². The second kappa shape index (κ2) is 7.13. The number of nitrogens with zero attached hydrogens (tertiary/aromatic N) is 3. The Bertz CT molecular complexity index is 647. The minimum atomic E-state index is 0.305. The van der Waals surface area contributed by atoms with Gasteiger partial charge in [0.2, 0.25) is 5.88 Å². The van der Waals surface area contributed by atoms with E-state index in [1.807, 2.05) is 12.1 Å². The highest BCUT2D eigenvalue weighted by atomic mass is 35.5. The Kier molecular flexibility index (Phi) is 4.97. The average Bonchev–Trinajstić information content (AvgIpc) is 2.57. The molecule has 0 saturated carbocycles. The third-order valence-corrected chi connectivity index (χ3v) is 4.31. The summed E-state index contributed by atoms with van der Waals surface area (Å²) in [6.07, 6.45) is 3.36. The number of halogens is 2. The van der Waals surface area contributed by atoms with Gasteiger partial charge in [-0.25, -0.2) is 0 Å². The van der Waals surface area contributed by atoms with E-state index in [1.165, 1.54) is 0 Å². The van der Waals surface area contributed by atoms with Crippen molar-refractivity contribution in [2.24, 2.45) is 0 Å². The fraction of sp³-hybridized carbons (Fsp3) is 0.333. The molecule has 1 aromatic heterocycles. The van der Waals surface area contributed by atoms with Crippen molar-refractivity contribution in [1.29, 1.82) is 0 Å². The minimum Gasteiger partial charge on any atom is -0.472 e. The fourth-order valence-corrected chi connectivity index (χ4v) is 2.64. The highest BCUT2D eigenvalue weighted by Gasteiger charge is 2.13. The van der Waals surface area contributed by atoms with E-state index in [4.69, 9.17) is 27.9 Å². The van der Waals surface area contributed by atoms with Crippen LogP contribution in [0.2, 0.25) is 10.0 Å². The Balaban J connectivity index is 1.69. The van der Waals surface area contributed by atoms with Crippen LogP contribution in [0.4, 0.5) is 5.82 Å². The van der Waals surface area contributed by atoms with Gasteiger partial charge in [0.1, 0.15) is 6.61 Å². The van der Waals surface area contributed by atoms with Crippen molar-refractivity contribution in [3.05, 3.63) is 46.2 Å². The van der Waals surface area contributed by atoms with Gasteiger partial charge in [0, 0.05) is 31.7 Å². The van der Waals surface area contributed by atoms with E-state index in [0.717, 1.165) is 37.6 Å². The van der Waals surface area contributed by atoms with Crippen LogP contribution in [0.5, 0.6) is 5.88 Å². The molecular formula is C15H16Cl2N4O. The number of aromatic nitrogens is 2. The van der Waals surface area contributed by atoms with Crippen LogP contribution < -0.4 is 15.0 Å². The van der Waals surface area contributed by atoms with Crippen LogP contribution in [0.1, 0.15) is 5.56 Å². The number of rotatable bonds is 4. The number of ether oxygens (including phenoxy) is 1. The Morgan fingerprint density at radius 2 is 2.00 bits per heavy atom. The van der Waals surface area contributed by atoms with Crippen LogP contribution in [-0.4, -0.2) is 36.1 Å². The maximum absolute atomic E-state index is 6.15. The van der Waals surface area contributed by atoms with Gasteiger partial charge in [-0.05, 0) is 6.07 Å². The first-order valence-corrected chi connectivity index (χ1v) is 7.83. The van der Waals surface area contributed by atoms with Crippen molar-refractivity contribution in [2.75, 3.05) is 31.1 Å². The van der Waals surface area contributed by atoms with Crippen LogP contribution >= 0.6 is 23.2 Å². The number of hydrogen-bond acceptors (Lipinski definition) is 5. The summed E-state index contributed by atoms with van der Waals surface area (Å²) in [5.41, 5.74) is 0.823. The number of benzene rings is 1. The lowest BCUT2D eigenvalue weighted by atomic mass is 10.2. The monoisotopic (exact) mass is 338 g/mol. The molecule has 0 spiro atoms. The second-order valence-electron chi connectivity index (χ2n) is 4.95. The summed E-state index contributed by atoms with van der Waals surface area (Å²) >= 11 is 12.1. The molecule has 3 rings (SSSR count). The molecule has 0 radical (unpaired) electrons. The van der Waals surface area contributed by atoms with Gasteiger partial charge in [-0.1, -0.05) is 35.3 Å². The quantitative estimate of drug-likeness (QED) is 0.928. The van der Waals surface area contributed by atoms with Crippen molar-refractivity contribution in [2.45, 2.75) is 6.61 Å². The molecular weight excluding hydrogens is 323 g/mol. The molecule has 5 nitrogen and oxygen atoms in total. The third kappa shape index (κ3) is 3.61. The molecule has 0 amide bonds. The first kappa shape index (κ1) is 15.3. The molecule has 22 heavy (non-hydrogen) atoms. The topological polar surface area (TPSA) is 50.3 Å². The van der Waals surface area contributed by atoms with Crippen molar-refractivity contribution in [1.82, 2.24) is 15.3 Å². The molecule has 0 atom stereocenters. The van der Waals surface area contributed by atoms with E-state index < -0.39 is 0 Å². The van der Waals surface area contributed by atoms with Crippen LogP contribution in [-0.2, 0) is 6.61 Å². The predicted molar refractivity (Wildman–Crippen MR) is 87.9 cm³/mol. The van der Waals surface area contributed by atoms with E-state index in [1.54, 1.807) is 18.5 Å². The number of piperazine rings is 1. The summed E-state index contributed by atoms with van der Waals surface area (Å²) < 4.78 is 5.70. The summed E-state index contributed by atoms with van der Waals surface area (Å²) in [4.78, 5) is 10.9. The summed E-state index contributed by atoms with van der Waals surface area (Å²) in [7, 11) is 0. The normalized spacial score (nSPS) is 14.9. The van der Waals surface area contributed by atoms with Crippen molar-refractivity contribution < 1.29 is 4.74 Å². The largest absolute Gasteiger partial charge is 0.472 e. The molecule has 2 aromatic rings. The van der Waals surface area contributed by atoms with Gasteiger partial charge >= 0.3 is 0 Å². The van der Waals surface area contributed by atoms with Gasteiger partial charge in [0.05, 0.1) is 22.4 Å². The zero-order chi connectivity index (χ0) is 15.4. The Morgan fingerprint density at radius 3 is 2.82 bits per heavy atom. The van der Waals surface area contributed by atoms with E-state index in [9.17, 15) is 0 Å². The first-order valence-electron chi connectivity index (χ1n) is 7.07. The standard InChI is InChI=1S/C15H16Cl2N4O/c16-12-3-1-2-11(15(12)17)10-22-14-9-19-8-13(20-14)21-6-4-18-5-7-21/h1-3,8-9,18H,4-7,10H2. The molecule has 7 heteroatoms. The second-order valence-corrected chi connectivity index (χ2v) is 5.74. The summed E-state index contributed by atoms with van der Waals surface area (Å²) in [5.74, 6) is 1.31. The van der Waals surface area contributed by atoms with Gasteiger partial charge in [0.15, 0.2) is 5.82 Å². The lowest BCUT2D eigenvalue weighted by molar-refractivity contribution is 0.292. The summed E-state index contributed by atoms with van der Waals surface area (Å²) in [6, 6.07) is 5.47. The third-order valence-electron chi connectivity index (χ3n) is 3.45. The van der Waals surface area contributed by atoms with Gasteiger partial charge in [-0.2, -0.15) is 4.98 Å². The summed E-state index contributed by atoms with van der Waals surface area (Å²) in [5, 5.41) is 4.34. The molecule has 1 saturated heterocycles. The Morgan fingerprint density at radius 1 is 1.18 bits per heavy atom. The highest BCUT2D eigenvalue weighted by Crippen LogP contribution is 2.26. The Hall–Kier alpha value is -1.56. The lowest BCUT2D eigenvalue weighted by Crippen LogP contribution is -2.43. The highest BCUT2D eigenvalue weighted by molar-refractivity contribution is 6.42. The van der Waals surface area contributed by atoms with Crippen molar-refractivity contribution in [3.8, 4) is 5.88 Å². The average molecular weight is 339 g/mol. The number of anilines is 1.